The number of sulfonamides is 1. The van der Waals surface area contributed by atoms with Crippen LogP contribution in [-0.2, 0) is 37.4 Å². The highest BCUT2D eigenvalue weighted by Gasteiger charge is 2.29. The van der Waals surface area contributed by atoms with Crippen LogP contribution in [0.2, 0.25) is 5.02 Å². The van der Waals surface area contributed by atoms with Gasteiger partial charge in [-0.3, -0.25) is 9.59 Å². The molecule has 0 aliphatic rings. The molecule has 8 nitrogen and oxygen atoms in total. The van der Waals surface area contributed by atoms with Gasteiger partial charge in [-0.2, -0.15) is 4.31 Å². The lowest BCUT2D eigenvalue weighted by Crippen LogP contribution is -2.51. The summed E-state index contributed by atoms with van der Waals surface area (Å²) in [6, 6.07) is 15.2. The van der Waals surface area contributed by atoms with E-state index < -0.39 is 22.0 Å². The highest BCUT2D eigenvalue weighted by Crippen LogP contribution is 2.16. The average molecular weight is 538 g/mol. The van der Waals surface area contributed by atoms with Crippen molar-refractivity contribution in [3.8, 4) is 0 Å². The number of halogens is 1. The van der Waals surface area contributed by atoms with Gasteiger partial charge in [0.15, 0.2) is 0 Å². The van der Waals surface area contributed by atoms with E-state index in [9.17, 15) is 18.0 Å². The van der Waals surface area contributed by atoms with Crippen molar-refractivity contribution in [2.24, 2.45) is 0 Å². The Kier molecular flexibility index (Phi) is 11.8. The van der Waals surface area contributed by atoms with Crippen molar-refractivity contribution in [1.29, 1.82) is 0 Å². The van der Waals surface area contributed by atoms with Crippen LogP contribution < -0.4 is 5.32 Å². The average Bonchev–Trinajstić information content (AvgIpc) is 2.82. The van der Waals surface area contributed by atoms with E-state index in [4.69, 9.17) is 16.3 Å². The predicted octanol–water partition coefficient (Wildman–Crippen LogP) is 3.45. The third-order valence-corrected chi connectivity index (χ3v) is 6.94. The molecule has 1 N–H and O–H groups in total. The molecule has 0 aliphatic carbocycles. The number of rotatable bonds is 14. The summed E-state index contributed by atoms with van der Waals surface area (Å²) in [7, 11) is -3.69. The number of benzene rings is 2. The largest absolute Gasteiger partial charge is 0.379 e. The van der Waals surface area contributed by atoms with Crippen molar-refractivity contribution in [2.75, 3.05) is 26.0 Å². The van der Waals surface area contributed by atoms with Crippen LogP contribution in [0.15, 0.2) is 54.6 Å². The molecule has 0 aromatic heterocycles. The number of nitrogens with one attached hydrogen (secondary N) is 1. The smallest absolute Gasteiger partial charge is 0.242 e. The first-order valence-electron chi connectivity index (χ1n) is 11.9. The van der Waals surface area contributed by atoms with Gasteiger partial charge in [0.1, 0.15) is 6.04 Å². The molecule has 10 heteroatoms. The summed E-state index contributed by atoms with van der Waals surface area (Å²) >= 11 is 5.99. The first kappa shape index (κ1) is 29.8. The van der Waals surface area contributed by atoms with Gasteiger partial charge in [-0.25, -0.2) is 8.42 Å². The summed E-state index contributed by atoms with van der Waals surface area (Å²) in [6.45, 7) is 6.24. The summed E-state index contributed by atoms with van der Waals surface area (Å²) < 4.78 is 31.6. The number of carbonyl (C=O) groups is 2. The molecule has 1 atom stereocenters. The molecular formula is C26H36ClN3O5S. The van der Waals surface area contributed by atoms with Crippen LogP contribution in [0.3, 0.4) is 0 Å². The second-order valence-corrected chi connectivity index (χ2v) is 11.3. The second kappa shape index (κ2) is 14.3. The minimum atomic E-state index is -3.69. The van der Waals surface area contributed by atoms with Gasteiger partial charge in [0.05, 0.1) is 18.9 Å². The predicted molar refractivity (Wildman–Crippen MR) is 142 cm³/mol. The number of ether oxygens (including phenoxy) is 1. The van der Waals surface area contributed by atoms with Gasteiger partial charge in [0.25, 0.3) is 0 Å². The van der Waals surface area contributed by atoms with Gasteiger partial charge in [0.2, 0.25) is 21.8 Å². The van der Waals surface area contributed by atoms with E-state index >= 15 is 0 Å². The Morgan fingerprint density at radius 1 is 0.972 bits per heavy atom. The molecule has 0 bridgehead atoms. The van der Waals surface area contributed by atoms with Gasteiger partial charge in [-0.1, -0.05) is 54.1 Å². The third-order valence-electron chi connectivity index (χ3n) is 5.49. The van der Waals surface area contributed by atoms with Crippen molar-refractivity contribution in [2.45, 2.75) is 52.4 Å². The van der Waals surface area contributed by atoms with Gasteiger partial charge >= 0.3 is 0 Å². The lowest BCUT2D eigenvalue weighted by molar-refractivity contribution is -0.140. The van der Waals surface area contributed by atoms with Gasteiger partial charge in [0, 0.05) is 31.3 Å². The zero-order valence-corrected chi connectivity index (χ0v) is 22.9. The molecule has 36 heavy (non-hydrogen) atoms. The quantitative estimate of drug-likeness (QED) is 0.372. The van der Waals surface area contributed by atoms with Gasteiger partial charge in [-0.15, -0.1) is 0 Å². The molecule has 2 rings (SSSR count). The number of hydrogen-bond acceptors (Lipinski definition) is 5. The highest BCUT2D eigenvalue weighted by atomic mass is 35.5. The SMILES string of the molecule is CC(C)OCCCNC(=O)C(C)N(Cc1ccc(Cl)cc1)C(=O)CN(Cc1ccccc1)S(C)(=O)=O. The van der Waals surface area contributed by atoms with Gasteiger partial charge < -0.3 is 15.0 Å². The van der Waals surface area contributed by atoms with Crippen LogP contribution in [0.25, 0.3) is 0 Å². The van der Waals surface area contributed by atoms with E-state index in [1.54, 1.807) is 43.3 Å². The van der Waals surface area contributed by atoms with Crippen LogP contribution in [0.4, 0.5) is 0 Å². The van der Waals surface area contributed by atoms with Crippen molar-refractivity contribution in [3.05, 3.63) is 70.7 Å². The molecule has 0 saturated heterocycles. The molecule has 1 unspecified atom stereocenters. The summed E-state index contributed by atoms with van der Waals surface area (Å²) in [4.78, 5) is 27.8. The fraction of sp³-hybridized carbons (Fsp3) is 0.462. The van der Waals surface area contributed by atoms with Crippen molar-refractivity contribution in [1.82, 2.24) is 14.5 Å². The minimum absolute atomic E-state index is 0.0522. The second-order valence-electron chi connectivity index (χ2n) is 8.90. The Morgan fingerprint density at radius 3 is 2.17 bits per heavy atom. The summed E-state index contributed by atoms with van der Waals surface area (Å²) in [5.41, 5.74) is 1.53. The van der Waals surface area contributed by atoms with E-state index in [2.05, 4.69) is 5.32 Å². The maximum atomic E-state index is 13.5. The molecule has 198 valence electrons. The maximum Gasteiger partial charge on any atom is 0.242 e. The van der Waals surface area contributed by atoms with Crippen LogP contribution in [0.1, 0.15) is 38.3 Å². The lowest BCUT2D eigenvalue weighted by Gasteiger charge is -2.31. The summed E-state index contributed by atoms with van der Waals surface area (Å²) in [6.07, 6.45) is 1.82. The molecule has 2 amide bonds. The lowest BCUT2D eigenvalue weighted by atomic mass is 10.1. The number of amides is 2. The zero-order valence-electron chi connectivity index (χ0n) is 21.3. The zero-order chi connectivity index (χ0) is 26.7. The number of nitrogens with zero attached hydrogens (tertiary/aromatic N) is 2. The molecule has 0 spiro atoms. The fourth-order valence-corrected chi connectivity index (χ4v) is 4.29. The van der Waals surface area contributed by atoms with Crippen molar-refractivity contribution < 1.29 is 22.7 Å². The van der Waals surface area contributed by atoms with Crippen molar-refractivity contribution >= 4 is 33.4 Å². The van der Waals surface area contributed by atoms with E-state index in [1.165, 1.54) is 4.90 Å². The van der Waals surface area contributed by atoms with Gasteiger partial charge in [-0.05, 0) is 50.5 Å². The third kappa shape index (κ3) is 10.3. The standard InChI is InChI=1S/C26H36ClN3O5S/c1-20(2)35-16-8-15-28-26(32)21(3)30(18-23-11-13-24(27)14-12-23)25(31)19-29(36(4,33)34)17-22-9-6-5-7-10-22/h5-7,9-14,20-21H,8,15-19H2,1-4H3,(H,28,32). The molecule has 0 saturated carbocycles. The Morgan fingerprint density at radius 2 is 1.58 bits per heavy atom. The van der Waals surface area contributed by atoms with Crippen molar-refractivity contribution in [3.63, 3.8) is 0 Å². The molecule has 2 aromatic carbocycles. The first-order valence-corrected chi connectivity index (χ1v) is 14.1. The van der Waals surface area contributed by atoms with Crippen LogP contribution in [0.5, 0.6) is 0 Å². The Balaban J connectivity index is 2.18. The summed E-state index contributed by atoms with van der Waals surface area (Å²) in [5, 5.41) is 3.40. The number of hydrogen-bond donors (Lipinski definition) is 1. The molecule has 2 aromatic rings. The fourth-order valence-electron chi connectivity index (χ4n) is 3.44. The van der Waals surface area contributed by atoms with E-state index in [0.717, 1.165) is 21.7 Å². The number of carbonyl (C=O) groups excluding carboxylic acids is 2. The first-order chi connectivity index (χ1) is 17.0. The topological polar surface area (TPSA) is 96.0 Å². The Labute approximate surface area is 219 Å². The highest BCUT2D eigenvalue weighted by molar-refractivity contribution is 7.88. The van der Waals surface area contributed by atoms with Crippen LogP contribution in [-0.4, -0.2) is 67.5 Å². The minimum Gasteiger partial charge on any atom is -0.379 e. The molecule has 0 heterocycles. The summed E-state index contributed by atoms with van der Waals surface area (Å²) in [5.74, 6) is -0.798. The molecule has 0 fully saturated rings. The molecular weight excluding hydrogens is 502 g/mol. The molecule has 0 aliphatic heterocycles. The van der Waals surface area contributed by atoms with Crippen LogP contribution >= 0.6 is 11.6 Å². The Bertz CT molecular complexity index is 1080. The van der Waals surface area contributed by atoms with E-state index in [-0.39, 0.29) is 31.6 Å². The monoisotopic (exact) mass is 537 g/mol. The maximum absolute atomic E-state index is 13.5. The van der Waals surface area contributed by atoms with E-state index in [1.807, 2.05) is 32.0 Å². The normalized spacial score (nSPS) is 12.5. The van der Waals surface area contributed by atoms with Crippen LogP contribution in [0, 0.1) is 0 Å². The Hall–Kier alpha value is -2.46. The molecule has 0 radical (unpaired) electrons. The van der Waals surface area contributed by atoms with E-state index in [0.29, 0.717) is 24.6 Å².